The third-order valence-corrected chi connectivity index (χ3v) is 5.32. The summed E-state index contributed by atoms with van der Waals surface area (Å²) in [6, 6.07) is 14.1. The number of benzene rings is 2. The Morgan fingerprint density at radius 2 is 1.77 bits per heavy atom. The number of thiocarbonyl (C=S) groups is 1. The quantitative estimate of drug-likeness (QED) is 0.487. The van der Waals surface area contributed by atoms with Crippen LogP contribution in [0, 0.1) is 0 Å². The number of amides is 2. The molecule has 2 aromatic carbocycles. The molecule has 1 heterocycles. The first-order valence-electron chi connectivity index (χ1n) is 10.8. The number of nitrogens with zero attached hydrogens (tertiary/aromatic N) is 1. The second-order valence-corrected chi connectivity index (χ2v) is 7.98. The van der Waals surface area contributed by atoms with E-state index >= 15 is 0 Å². The summed E-state index contributed by atoms with van der Waals surface area (Å²) in [6.45, 7) is 4.37. The van der Waals surface area contributed by atoms with Gasteiger partial charge in [0.05, 0.1) is 6.61 Å². The molecule has 1 aliphatic rings. The molecule has 164 valence electrons. The summed E-state index contributed by atoms with van der Waals surface area (Å²) in [7, 11) is 0. The lowest BCUT2D eigenvalue weighted by atomic mass is 10.1. The number of carbonyl (C=O) groups is 2. The highest BCUT2D eigenvalue weighted by molar-refractivity contribution is 7.80. The number of ether oxygens (including phenoxy) is 1. The molecule has 0 spiro atoms. The maximum absolute atomic E-state index is 12.7. The van der Waals surface area contributed by atoms with Gasteiger partial charge in [0, 0.05) is 29.9 Å². The molecule has 1 fully saturated rings. The van der Waals surface area contributed by atoms with Crippen molar-refractivity contribution in [2.45, 2.75) is 39.0 Å². The fourth-order valence-electron chi connectivity index (χ4n) is 3.38. The van der Waals surface area contributed by atoms with Gasteiger partial charge >= 0.3 is 0 Å². The number of piperidine rings is 1. The molecule has 2 amide bonds. The Balaban J connectivity index is 1.54. The third kappa shape index (κ3) is 6.79. The van der Waals surface area contributed by atoms with Crippen molar-refractivity contribution in [2.24, 2.45) is 0 Å². The van der Waals surface area contributed by atoms with Crippen LogP contribution < -0.4 is 15.4 Å². The van der Waals surface area contributed by atoms with Gasteiger partial charge in [0.25, 0.3) is 11.8 Å². The molecule has 3 rings (SSSR count). The highest BCUT2D eigenvalue weighted by Crippen LogP contribution is 2.17. The highest BCUT2D eigenvalue weighted by Gasteiger charge is 2.18. The van der Waals surface area contributed by atoms with E-state index in [2.05, 4.69) is 17.6 Å². The molecular formula is C24H29N3O3S. The smallest absolute Gasteiger partial charge is 0.257 e. The number of likely N-dealkylation sites (tertiary alicyclic amines) is 1. The number of anilines is 1. The molecule has 0 aromatic heterocycles. The van der Waals surface area contributed by atoms with E-state index in [4.69, 9.17) is 17.0 Å². The van der Waals surface area contributed by atoms with Crippen molar-refractivity contribution in [1.29, 1.82) is 0 Å². The molecule has 0 atom stereocenters. The van der Waals surface area contributed by atoms with Crippen LogP contribution in [0.3, 0.4) is 0 Å². The zero-order valence-corrected chi connectivity index (χ0v) is 18.7. The van der Waals surface area contributed by atoms with Gasteiger partial charge in [-0.25, -0.2) is 0 Å². The molecule has 0 bridgehead atoms. The van der Waals surface area contributed by atoms with Crippen LogP contribution in [0.5, 0.6) is 5.75 Å². The Kier molecular flexibility index (Phi) is 8.41. The van der Waals surface area contributed by atoms with Gasteiger partial charge < -0.3 is 15.0 Å². The lowest BCUT2D eigenvalue weighted by molar-refractivity contribution is 0.0724. The zero-order valence-electron chi connectivity index (χ0n) is 17.9. The van der Waals surface area contributed by atoms with Crippen molar-refractivity contribution in [1.82, 2.24) is 10.2 Å². The second kappa shape index (κ2) is 11.5. The SMILES string of the molecule is CCCCOc1ccc(C(=O)NC(=S)Nc2cccc(C(=O)N3CCCCC3)c2)cc1. The van der Waals surface area contributed by atoms with Crippen LogP contribution >= 0.6 is 12.2 Å². The van der Waals surface area contributed by atoms with Crippen LogP contribution in [0.2, 0.25) is 0 Å². The number of carbonyl (C=O) groups excluding carboxylic acids is 2. The normalized spacial score (nSPS) is 13.4. The first-order valence-corrected chi connectivity index (χ1v) is 11.2. The Labute approximate surface area is 189 Å². The largest absolute Gasteiger partial charge is 0.494 e. The summed E-state index contributed by atoms with van der Waals surface area (Å²) in [6.07, 6.45) is 5.33. The van der Waals surface area contributed by atoms with Gasteiger partial charge in [-0.2, -0.15) is 0 Å². The number of hydrogen-bond donors (Lipinski definition) is 2. The van der Waals surface area contributed by atoms with Gasteiger partial charge in [-0.3, -0.25) is 14.9 Å². The lowest BCUT2D eigenvalue weighted by Gasteiger charge is -2.26. The summed E-state index contributed by atoms with van der Waals surface area (Å²) in [5, 5.41) is 5.84. The first-order chi connectivity index (χ1) is 15.1. The fourth-order valence-corrected chi connectivity index (χ4v) is 3.59. The molecular weight excluding hydrogens is 410 g/mol. The van der Waals surface area contributed by atoms with Gasteiger partial charge in [-0.1, -0.05) is 19.4 Å². The van der Waals surface area contributed by atoms with E-state index in [-0.39, 0.29) is 16.9 Å². The van der Waals surface area contributed by atoms with Crippen molar-refractivity contribution < 1.29 is 14.3 Å². The maximum Gasteiger partial charge on any atom is 0.257 e. The van der Waals surface area contributed by atoms with Crippen molar-refractivity contribution in [3.63, 3.8) is 0 Å². The van der Waals surface area contributed by atoms with Crippen LogP contribution in [-0.2, 0) is 0 Å². The zero-order chi connectivity index (χ0) is 22.1. The molecule has 31 heavy (non-hydrogen) atoms. The minimum absolute atomic E-state index is 0.0274. The van der Waals surface area contributed by atoms with E-state index in [0.29, 0.717) is 23.4 Å². The predicted octanol–water partition coefficient (Wildman–Crippen LogP) is 4.62. The monoisotopic (exact) mass is 439 g/mol. The second-order valence-electron chi connectivity index (χ2n) is 7.57. The van der Waals surface area contributed by atoms with Crippen molar-refractivity contribution in [2.75, 3.05) is 25.0 Å². The average Bonchev–Trinajstić information content (AvgIpc) is 2.80. The number of hydrogen-bond acceptors (Lipinski definition) is 4. The summed E-state index contributed by atoms with van der Waals surface area (Å²) in [5.74, 6) is 0.457. The lowest BCUT2D eigenvalue weighted by Crippen LogP contribution is -2.36. The molecule has 0 unspecified atom stereocenters. The van der Waals surface area contributed by atoms with E-state index in [1.54, 1.807) is 42.5 Å². The average molecular weight is 440 g/mol. The van der Waals surface area contributed by atoms with Crippen LogP contribution in [0.4, 0.5) is 5.69 Å². The van der Waals surface area contributed by atoms with Crippen molar-refractivity contribution in [3.05, 3.63) is 59.7 Å². The van der Waals surface area contributed by atoms with Crippen molar-refractivity contribution >= 4 is 34.8 Å². The van der Waals surface area contributed by atoms with E-state index in [1.165, 1.54) is 6.42 Å². The summed E-state index contributed by atoms with van der Waals surface area (Å²) >= 11 is 5.28. The Morgan fingerprint density at radius 3 is 2.48 bits per heavy atom. The standard InChI is InChI=1S/C24H29N3O3S/c1-2-3-16-30-21-12-10-18(11-13-21)22(28)26-24(31)25-20-9-7-8-19(17-20)23(29)27-14-5-4-6-15-27/h7-13,17H,2-6,14-16H2,1H3,(H2,25,26,28,31). The first kappa shape index (κ1) is 22.7. The molecule has 1 saturated heterocycles. The van der Waals surface area contributed by atoms with Gasteiger partial charge in [0.15, 0.2) is 5.11 Å². The minimum atomic E-state index is -0.307. The van der Waals surface area contributed by atoms with Crippen molar-refractivity contribution in [3.8, 4) is 5.75 Å². The molecule has 6 nitrogen and oxygen atoms in total. The molecule has 1 aliphatic heterocycles. The summed E-state index contributed by atoms with van der Waals surface area (Å²) < 4.78 is 5.61. The topological polar surface area (TPSA) is 70.7 Å². The van der Waals surface area contributed by atoms with Crippen LogP contribution in [0.15, 0.2) is 48.5 Å². The van der Waals surface area contributed by atoms with E-state index < -0.39 is 0 Å². The summed E-state index contributed by atoms with van der Waals surface area (Å²) in [4.78, 5) is 27.0. The van der Waals surface area contributed by atoms with E-state index in [0.717, 1.165) is 44.5 Å². The van der Waals surface area contributed by atoms with E-state index in [9.17, 15) is 9.59 Å². The predicted molar refractivity (Wildman–Crippen MR) is 127 cm³/mol. The molecule has 0 aliphatic carbocycles. The van der Waals surface area contributed by atoms with Gasteiger partial charge in [0.1, 0.15) is 5.75 Å². The molecule has 7 heteroatoms. The third-order valence-electron chi connectivity index (χ3n) is 5.12. The van der Waals surface area contributed by atoms with Gasteiger partial charge in [-0.05, 0) is 80.4 Å². The van der Waals surface area contributed by atoms with E-state index in [1.807, 2.05) is 11.0 Å². The van der Waals surface area contributed by atoms with Gasteiger partial charge in [-0.15, -0.1) is 0 Å². The molecule has 2 N–H and O–H groups in total. The van der Waals surface area contributed by atoms with Crippen LogP contribution in [-0.4, -0.2) is 41.5 Å². The Hall–Kier alpha value is -2.93. The highest BCUT2D eigenvalue weighted by atomic mass is 32.1. The number of nitrogens with one attached hydrogen (secondary N) is 2. The molecule has 2 aromatic rings. The summed E-state index contributed by atoms with van der Waals surface area (Å²) in [5.41, 5.74) is 1.76. The molecule has 0 radical (unpaired) electrons. The van der Waals surface area contributed by atoms with Crippen LogP contribution in [0.1, 0.15) is 59.7 Å². The maximum atomic E-state index is 12.7. The number of rotatable bonds is 7. The Morgan fingerprint density at radius 1 is 1.03 bits per heavy atom. The minimum Gasteiger partial charge on any atom is -0.494 e. The van der Waals surface area contributed by atoms with Crippen LogP contribution in [0.25, 0.3) is 0 Å². The van der Waals surface area contributed by atoms with Gasteiger partial charge in [0.2, 0.25) is 0 Å². The molecule has 0 saturated carbocycles. The number of unbranched alkanes of at least 4 members (excludes halogenated alkanes) is 1. The fraction of sp³-hybridized carbons (Fsp3) is 0.375. The Bertz CT molecular complexity index is 909.